The summed E-state index contributed by atoms with van der Waals surface area (Å²) in [5, 5.41) is 5.59. The molecular formula is C12H14N4O2S2. The Hall–Kier alpha value is -1.80. The van der Waals surface area contributed by atoms with E-state index in [-0.39, 0.29) is 5.91 Å². The highest BCUT2D eigenvalue weighted by Gasteiger charge is 2.09. The molecule has 0 atom stereocenters. The number of nitrogens with zero attached hydrogens (tertiary/aromatic N) is 2. The van der Waals surface area contributed by atoms with E-state index in [1.807, 2.05) is 23.8 Å². The van der Waals surface area contributed by atoms with Crippen LogP contribution >= 0.6 is 23.1 Å². The Morgan fingerprint density at radius 1 is 1.60 bits per heavy atom. The molecule has 0 bridgehead atoms. The maximum atomic E-state index is 10.8. The monoisotopic (exact) mass is 310 g/mol. The van der Waals surface area contributed by atoms with E-state index in [2.05, 4.69) is 15.3 Å². The van der Waals surface area contributed by atoms with Crippen LogP contribution in [0.1, 0.15) is 12.7 Å². The molecule has 106 valence electrons. The topological polar surface area (TPSA) is 93.5 Å². The van der Waals surface area contributed by atoms with Crippen LogP contribution in [0.15, 0.2) is 26.9 Å². The van der Waals surface area contributed by atoms with Gasteiger partial charge in [-0.1, -0.05) is 11.8 Å². The fourth-order valence-electron chi connectivity index (χ4n) is 1.39. The number of hydrogen-bond acceptors (Lipinski definition) is 6. The zero-order valence-electron chi connectivity index (χ0n) is 11.0. The highest BCUT2D eigenvalue weighted by Crippen LogP contribution is 2.28. The number of nitrogens with two attached hydrogens (primary N) is 1. The molecular weight excluding hydrogens is 296 g/mol. The largest absolute Gasteiger partial charge is 0.458 e. The van der Waals surface area contributed by atoms with Crippen molar-refractivity contribution in [2.45, 2.75) is 13.5 Å². The van der Waals surface area contributed by atoms with Gasteiger partial charge in [-0.15, -0.1) is 11.3 Å². The maximum Gasteiger partial charge on any atom is 0.217 e. The quantitative estimate of drug-likeness (QED) is 0.668. The summed E-state index contributed by atoms with van der Waals surface area (Å²) in [6.45, 7) is 1.83. The number of aliphatic imine (C=N–C) groups is 1. The number of furan rings is 1. The molecule has 0 aliphatic carbocycles. The van der Waals surface area contributed by atoms with Crippen molar-refractivity contribution in [3.63, 3.8) is 0 Å². The molecule has 0 saturated carbocycles. The molecule has 0 aromatic carbocycles. The fraction of sp³-hybridized carbons (Fsp3) is 0.250. The second kappa shape index (κ2) is 6.58. The molecule has 2 aromatic heterocycles. The Morgan fingerprint density at radius 3 is 3.10 bits per heavy atom. The molecule has 0 spiro atoms. The van der Waals surface area contributed by atoms with Gasteiger partial charge in [-0.3, -0.25) is 4.79 Å². The number of rotatable bonds is 4. The van der Waals surface area contributed by atoms with Crippen molar-refractivity contribution in [3.05, 3.63) is 23.3 Å². The van der Waals surface area contributed by atoms with Gasteiger partial charge in [0.05, 0.1) is 6.54 Å². The van der Waals surface area contributed by atoms with Crippen LogP contribution in [-0.4, -0.2) is 22.3 Å². The minimum absolute atomic E-state index is 0.0965. The van der Waals surface area contributed by atoms with E-state index >= 15 is 0 Å². The second-order valence-electron chi connectivity index (χ2n) is 3.85. The number of thioether (sulfide) groups is 1. The SMILES string of the molecule is CSC(N)=Nc1nc(-c2ccc(CNC(C)=O)o2)cs1. The van der Waals surface area contributed by atoms with Gasteiger partial charge in [0, 0.05) is 12.3 Å². The molecule has 0 saturated heterocycles. The van der Waals surface area contributed by atoms with E-state index in [9.17, 15) is 4.79 Å². The highest BCUT2D eigenvalue weighted by molar-refractivity contribution is 8.13. The Labute approximate surface area is 124 Å². The molecule has 0 radical (unpaired) electrons. The Bertz CT molecular complexity index is 633. The van der Waals surface area contributed by atoms with Gasteiger partial charge in [0.15, 0.2) is 10.9 Å². The van der Waals surface area contributed by atoms with E-state index in [0.717, 1.165) is 0 Å². The lowest BCUT2D eigenvalue weighted by atomic mass is 10.3. The lowest BCUT2D eigenvalue weighted by molar-refractivity contribution is -0.119. The molecule has 1 amide bonds. The summed E-state index contributed by atoms with van der Waals surface area (Å²) >= 11 is 2.76. The molecule has 2 rings (SSSR count). The third-order valence-corrected chi connectivity index (χ3v) is 3.58. The van der Waals surface area contributed by atoms with E-state index in [1.54, 1.807) is 0 Å². The first-order chi connectivity index (χ1) is 9.58. The van der Waals surface area contributed by atoms with Gasteiger partial charge >= 0.3 is 0 Å². The molecule has 6 nitrogen and oxygen atoms in total. The van der Waals surface area contributed by atoms with E-state index in [0.29, 0.717) is 34.1 Å². The van der Waals surface area contributed by atoms with Crippen LogP contribution in [0.25, 0.3) is 11.5 Å². The van der Waals surface area contributed by atoms with Crippen molar-refractivity contribution in [1.29, 1.82) is 0 Å². The van der Waals surface area contributed by atoms with Crippen molar-refractivity contribution < 1.29 is 9.21 Å². The lowest BCUT2D eigenvalue weighted by Gasteiger charge is -1.97. The molecule has 0 aliphatic rings. The third-order valence-electron chi connectivity index (χ3n) is 2.33. The molecule has 8 heteroatoms. The minimum atomic E-state index is -0.0965. The van der Waals surface area contributed by atoms with Crippen LogP contribution in [-0.2, 0) is 11.3 Å². The number of aromatic nitrogens is 1. The molecule has 20 heavy (non-hydrogen) atoms. The molecule has 2 heterocycles. The number of thiazole rings is 1. The van der Waals surface area contributed by atoms with E-state index in [1.165, 1.54) is 30.0 Å². The fourth-order valence-corrected chi connectivity index (χ4v) is 2.31. The Balaban J connectivity index is 2.10. The van der Waals surface area contributed by atoms with Crippen molar-refractivity contribution in [2.24, 2.45) is 10.7 Å². The zero-order chi connectivity index (χ0) is 14.5. The first-order valence-corrected chi connectivity index (χ1v) is 7.86. The second-order valence-corrected chi connectivity index (χ2v) is 5.51. The normalized spacial score (nSPS) is 11.6. The molecule has 0 aliphatic heterocycles. The lowest BCUT2D eigenvalue weighted by Crippen LogP contribution is -2.18. The van der Waals surface area contributed by atoms with E-state index in [4.69, 9.17) is 10.2 Å². The van der Waals surface area contributed by atoms with Crippen LogP contribution in [0.4, 0.5) is 5.13 Å². The van der Waals surface area contributed by atoms with Gasteiger partial charge in [0.2, 0.25) is 11.0 Å². The summed E-state index contributed by atoms with van der Waals surface area (Å²) in [7, 11) is 0. The zero-order valence-corrected chi connectivity index (χ0v) is 12.7. The van der Waals surface area contributed by atoms with Crippen LogP contribution in [0.2, 0.25) is 0 Å². The third kappa shape index (κ3) is 3.84. The molecule has 0 fully saturated rings. The summed E-state index contributed by atoms with van der Waals surface area (Å²) in [5.41, 5.74) is 6.35. The smallest absolute Gasteiger partial charge is 0.217 e. The van der Waals surface area contributed by atoms with Gasteiger partial charge in [-0.25, -0.2) is 4.98 Å². The summed E-state index contributed by atoms with van der Waals surface area (Å²) < 4.78 is 5.61. The number of carbonyl (C=O) groups excluding carboxylic acids is 1. The van der Waals surface area contributed by atoms with Gasteiger partial charge < -0.3 is 15.5 Å². The van der Waals surface area contributed by atoms with Crippen molar-refractivity contribution in [3.8, 4) is 11.5 Å². The minimum Gasteiger partial charge on any atom is -0.458 e. The average Bonchev–Trinajstić information content (AvgIpc) is 3.04. The standard InChI is InChI=1S/C12H14N4O2S2/c1-7(17)14-5-8-3-4-10(18-8)9-6-20-12(15-9)16-11(13)19-2/h3-4,6H,5H2,1-2H3,(H,14,17)(H2,13,15,16). The van der Waals surface area contributed by atoms with Crippen LogP contribution in [0.3, 0.4) is 0 Å². The first kappa shape index (κ1) is 14.6. The van der Waals surface area contributed by atoms with Crippen LogP contribution < -0.4 is 11.1 Å². The molecule has 3 N–H and O–H groups in total. The van der Waals surface area contributed by atoms with Crippen molar-refractivity contribution in [1.82, 2.24) is 10.3 Å². The van der Waals surface area contributed by atoms with Crippen molar-refractivity contribution in [2.75, 3.05) is 6.26 Å². The molecule has 0 unspecified atom stereocenters. The summed E-state index contributed by atoms with van der Waals surface area (Å²) in [5.74, 6) is 1.23. The Morgan fingerprint density at radius 2 is 2.40 bits per heavy atom. The van der Waals surface area contributed by atoms with Gasteiger partial charge in [-0.05, 0) is 18.4 Å². The van der Waals surface area contributed by atoms with Crippen LogP contribution in [0, 0.1) is 0 Å². The van der Waals surface area contributed by atoms with Crippen LogP contribution in [0.5, 0.6) is 0 Å². The number of carbonyl (C=O) groups is 1. The predicted molar refractivity (Wildman–Crippen MR) is 82.1 cm³/mol. The number of amides is 1. The number of amidine groups is 1. The number of hydrogen-bond donors (Lipinski definition) is 2. The van der Waals surface area contributed by atoms with E-state index < -0.39 is 0 Å². The molecule has 2 aromatic rings. The highest BCUT2D eigenvalue weighted by atomic mass is 32.2. The van der Waals surface area contributed by atoms with Gasteiger partial charge in [0.1, 0.15) is 11.5 Å². The van der Waals surface area contributed by atoms with Crippen molar-refractivity contribution >= 4 is 39.3 Å². The summed E-state index contributed by atoms with van der Waals surface area (Å²) in [4.78, 5) is 19.3. The first-order valence-electron chi connectivity index (χ1n) is 5.75. The Kier molecular flexibility index (Phi) is 4.80. The number of nitrogens with one attached hydrogen (secondary N) is 1. The maximum absolute atomic E-state index is 10.8. The summed E-state index contributed by atoms with van der Waals surface area (Å²) in [6.07, 6.45) is 1.86. The van der Waals surface area contributed by atoms with Gasteiger partial charge in [0.25, 0.3) is 0 Å². The summed E-state index contributed by atoms with van der Waals surface area (Å²) in [6, 6.07) is 3.63. The average molecular weight is 310 g/mol. The predicted octanol–water partition coefficient (Wildman–Crippen LogP) is 2.35. The van der Waals surface area contributed by atoms with Gasteiger partial charge in [-0.2, -0.15) is 4.99 Å².